The fraction of sp³-hybridized carbons (Fsp3) is 0.562. The van der Waals surface area contributed by atoms with E-state index in [0.717, 1.165) is 32.5 Å². The largest absolute Gasteiger partial charge is 0.370 e. The summed E-state index contributed by atoms with van der Waals surface area (Å²) in [6.07, 6.45) is 2.67. The fourth-order valence-electron chi connectivity index (χ4n) is 2.87. The second-order valence-electron chi connectivity index (χ2n) is 5.76. The first-order valence-electron chi connectivity index (χ1n) is 7.44. The van der Waals surface area contributed by atoms with Crippen molar-refractivity contribution in [1.29, 1.82) is 0 Å². The second kappa shape index (κ2) is 7.41. The van der Waals surface area contributed by atoms with Crippen LogP contribution >= 0.6 is 0 Å². The molecule has 2 rings (SSSR count). The van der Waals surface area contributed by atoms with E-state index in [9.17, 15) is 4.79 Å². The molecule has 110 valence electrons. The van der Waals surface area contributed by atoms with Crippen LogP contribution in [-0.4, -0.2) is 42.5 Å². The lowest BCUT2D eigenvalue weighted by atomic mass is 10.1. The first-order chi connectivity index (χ1) is 9.63. The number of carbonyl (C=O) groups excluding carboxylic acids is 1. The van der Waals surface area contributed by atoms with Crippen molar-refractivity contribution in [3.8, 4) is 0 Å². The molecule has 1 aromatic carbocycles. The first kappa shape index (κ1) is 15.0. The van der Waals surface area contributed by atoms with Gasteiger partial charge in [-0.1, -0.05) is 30.3 Å². The molecule has 0 radical (unpaired) electrons. The van der Waals surface area contributed by atoms with Crippen LogP contribution in [0.15, 0.2) is 30.3 Å². The molecule has 3 N–H and O–H groups in total. The number of nitrogens with two attached hydrogens (primary N) is 1. The Morgan fingerprint density at radius 3 is 2.90 bits per heavy atom. The molecule has 0 spiro atoms. The molecule has 0 aliphatic carbocycles. The zero-order valence-electron chi connectivity index (χ0n) is 12.2. The molecule has 1 aliphatic heterocycles. The van der Waals surface area contributed by atoms with Gasteiger partial charge in [0, 0.05) is 31.6 Å². The molecule has 0 saturated carbocycles. The van der Waals surface area contributed by atoms with Crippen LogP contribution in [0.1, 0.15) is 25.3 Å². The van der Waals surface area contributed by atoms with Crippen molar-refractivity contribution in [2.24, 2.45) is 5.73 Å². The summed E-state index contributed by atoms with van der Waals surface area (Å²) in [5.41, 5.74) is 6.61. The van der Waals surface area contributed by atoms with Crippen LogP contribution in [0.4, 0.5) is 0 Å². The molecule has 20 heavy (non-hydrogen) atoms. The number of hydrogen-bond acceptors (Lipinski definition) is 3. The molecule has 1 amide bonds. The van der Waals surface area contributed by atoms with Crippen LogP contribution in [0.2, 0.25) is 0 Å². The van der Waals surface area contributed by atoms with Crippen molar-refractivity contribution in [3.05, 3.63) is 35.9 Å². The minimum atomic E-state index is -0.232. The highest BCUT2D eigenvalue weighted by atomic mass is 16.1. The van der Waals surface area contributed by atoms with Gasteiger partial charge in [-0.15, -0.1) is 0 Å². The van der Waals surface area contributed by atoms with Crippen LogP contribution in [0.3, 0.4) is 0 Å². The molecule has 1 aromatic rings. The van der Waals surface area contributed by atoms with Gasteiger partial charge in [0.25, 0.3) is 0 Å². The van der Waals surface area contributed by atoms with Gasteiger partial charge in [-0.3, -0.25) is 4.79 Å². The van der Waals surface area contributed by atoms with E-state index in [0.29, 0.717) is 12.5 Å². The third-order valence-corrected chi connectivity index (χ3v) is 3.86. The zero-order chi connectivity index (χ0) is 14.4. The predicted octanol–water partition coefficient (Wildman–Crippen LogP) is 1.16. The van der Waals surface area contributed by atoms with Crippen LogP contribution < -0.4 is 11.1 Å². The first-order valence-corrected chi connectivity index (χ1v) is 7.44. The van der Waals surface area contributed by atoms with Gasteiger partial charge in [-0.25, -0.2) is 0 Å². The number of likely N-dealkylation sites (tertiary alicyclic amines) is 1. The van der Waals surface area contributed by atoms with Gasteiger partial charge in [0.2, 0.25) is 5.91 Å². The zero-order valence-corrected chi connectivity index (χ0v) is 12.2. The van der Waals surface area contributed by atoms with Crippen molar-refractivity contribution < 1.29 is 4.79 Å². The number of primary amides is 1. The molecule has 1 heterocycles. The smallest absolute Gasteiger partial charge is 0.218 e. The number of amides is 1. The molecule has 0 aromatic heterocycles. The Kier molecular flexibility index (Phi) is 5.56. The highest BCUT2D eigenvalue weighted by molar-refractivity contribution is 5.74. The summed E-state index contributed by atoms with van der Waals surface area (Å²) < 4.78 is 0. The summed E-state index contributed by atoms with van der Waals surface area (Å²) in [5.74, 6) is -0.232. The molecule has 2 unspecified atom stereocenters. The van der Waals surface area contributed by atoms with Crippen molar-refractivity contribution in [2.75, 3.05) is 19.6 Å². The molecular weight excluding hydrogens is 250 g/mol. The Morgan fingerprint density at radius 1 is 1.45 bits per heavy atom. The Labute approximate surface area is 121 Å². The molecular formula is C16H25N3O. The van der Waals surface area contributed by atoms with E-state index in [1.54, 1.807) is 0 Å². The average molecular weight is 275 g/mol. The SMILES string of the molecule is CC(CC(N)=O)NC1CCN(CCc2ccccc2)C1. The minimum absolute atomic E-state index is 0.173. The number of nitrogens with one attached hydrogen (secondary N) is 1. The van der Waals surface area contributed by atoms with Crippen LogP contribution in [-0.2, 0) is 11.2 Å². The van der Waals surface area contributed by atoms with E-state index < -0.39 is 0 Å². The van der Waals surface area contributed by atoms with Gasteiger partial charge < -0.3 is 16.0 Å². The molecule has 1 aliphatic rings. The van der Waals surface area contributed by atoms with Gasteiger partial charge in [-0.05, 0) is 31.9 Å². The molecule has 0 bridgehead atoms. The minimum Gasteiger partial charge on any atom is -0.370 e. The summed E-state index contributed by atoms with van der Waals surface area (Å²) in [5, 5.41) is 3.50. The number of carbonyl (C=O) groups is 1. The van der Waals surface area contributed by atoms with Crippen LogP contribution in [0, 0.1) is 0 Å². The van der Waals surface area contributed by atoms with Gasteiger partial charge in [-0.2, -0.15) is 0 Å². The maximum Gasteiger partial charge on any atom is 0.218 e. The monoisotopic (exact) mass is 275 g/mol. The molecule has 1 fully saturated rings. The Morgan fingerprint density at radius 2 is 2.20 bits per heavy atom. The van der Waals surface area contributed by atoms with Gasteiger partial charge in [0.05, 0.1) is 0 Å². The lowest BCUT2D eigenvalue weighted by Crippen LogP contribution is -2.40. The van der Waals surface area contributed by atoms with Gasteiger partial charge >= 0.3 is 0 Å². The van der Waals surface area contributed by atoms with E-state index in [-0.39, 0.29) is 11.9 Å². The summed E-state index contributed by atoms with van der Waals surface area (Å²) >= 11 is 0. The Bertz CT molecular complexity index is 421. The van der Waals surface area contributed by atoms with Crippen LogP contribution in [0.5, 0.6) is 0 Å². The topological polar surface area (TPSA) is 58.4 Å². The number of hydrogen-bond donors (Lipinski definition) is 2. The maximum absolute atomic E-state index is 10.9. The quantitative estimate of drug-likeness (QED) is 0.785. The Hall–Kier alpha value is -1.39. The standard InChI is InChI=1S/C16H25N3O/c1-13(11-16(17)20)18-15-8-10-19(12-15)9-7-14-5-3-2-4-6-14/h2-6,13,15,18H,7-12H2,1H3,(H2,17,20). The number of rotatable bonds is 7. The lowest BCUT2D eigenvalue weighted by Gasteiger charge is -2.19. The van der Waals surface area contributed by atoms with E-state index in [4.69, 9.17) is 5.73 Å². The fourth-order valence-corrected chi connectivity index (χ4v) is 2.87. The van der Waals surface area contributed by atoms with Crippen molar-refractivity contribution in [2.45, 2.75) is 38.3 Å². The van der Waals surface area contributed by atoms with E-state index in [1.165, 1.54) is 5.56 Å². The van der Waals surface area contributed by atoms with E-state index in [2.05, 4.69) is 40.5 Å². The second-order valence-corrected chi connectivity index (χ2v) is 5.76. The maximum atomic E-state index is 10.9. The summed E-state index contributed by atoms with van der Waals surface area (Å²) in [6, 6.07) is 11.3. The van der Waals surface area contributed by atoms with Gasteiger partial charge in [0.1, 0.15) is 0 Å². The molecule has 4 heteroatoms. The number of benzene rings is 1. The molecule has 1 saturated heterocycles. The third kappa shape index (κ3) is 4.94. The predicted molar refractivity (Wildman–Crippen MR) is 81.4 cm³/mol. The highest BCUT2D eigenvalue weighted by Crippen LogP contribution is 2.11. The number of nitrogens with zero attached hydrogens (tertiary/aromatic N) is 1. The summed E-state index contributed by atoms with van der Waals surface area (Å²) in [7, 11) is 0. The van der Waals surface area contributed by atoms with Gasteiger partial charge in [0.15, 0.2) is 0 Å². The Balaban J connectivity index is 1.68. The normalized spacial score (nSPS) is 20.9. The molecule has 4 nitrogen and oxygen atoms in total. The summed E-state index contributed by atoms with van der Waals surface area (Å²) in [4.78, 5) is 13.4. The van der Waals surface area contributed by atoms with Crippen molar-refractivity contribution in [3.63, 3.8) is 0 Å². The average Bonchev–Trinajstić information content (AvgIpc) is 2.84. The highest BCUT2D eigenvalue weighted by Gasteiger charge is 2.23. The molecule has 2 atom stereocenters. The van der Waals surface area contributed by atoms with Crippen molar-refractivity contribution >= 4 is 5.91 Å². The third-order valence-electron chi connectivity index (χ3n) is 3.86. The van der Waals surface area contributed by atoms with Crippen molar-refractivity contribution in [1.82, 2.24) is 10.2 Å². The lowest BCUT2D eigenvalue weighted by molar-refractivity contribution is -0.118. The van der Waals surface area contributed by atoms with E-state index >= 15 is 0 Å². The summed E-state index contributed by atoms with van der Waals surface area (Å²) in [6.45, 7) is 5.33. The van der Waals surface area contributed by atoms with E-state index in [1.807, 2.05) is 6.92 Å². The van der Waals surface area contributed by atoms with Crippen LogP contribution in [0.25, 0.3) is 0 Å².